The fourth-order valence-corrected chi connectivity index (χ4v) is 3.56. The van der Waals surface area contributed by atoms with E-state index in [1.807, 2.05) is 26.0 Å². The summed E-state index contributed by atoms with van der Waals surface area (Å²) in [5.41, 5.74) is 1.68. The maximum absolute atomic E-state index is 12.2. The van der Waals surface area contributed by atoms with E-state index in [4.69, 9.17) is 9.47 Å². The van der Waals surface area contributed by atoms with Crippen LogP contribution in [-0.2, 0) is 9.53 Å². The Labute approximate surface area is 171 Å². The lowest BCUT2D eigenvalue weighted by Crippen LogP contribution is -2.44. The number of pyridine rings is 1. The average Bonchev–Trinajstić information content (AvgIpc) is 2.71. The van der Waals surface area contributed by atoms with Crippen molar-refractivity contribution in [2.45, 2.75) is 38.6 Å². The minimum absolute atomic E-state index is 0.0141. The lowest BCUT2D eigenvalue weighted by Gasteiger charge is -2.31. The maximum atomic E-state index is 12.2. The van der Waals surface area contributed by atoms with Gasteiger partial charge >= 0.3 is 0 Å². The predicted molar refractivity (Wildman–Crippen MR) is 109 cm³/mol. The lowest BCUT2D eigenvalue weighted by atomic mass is 9.93. The smallest absolute Gasteiger partial charge is 0.241 e. The number of likely N-dealkylation sites (tertiary alicyclic amines) is 1. The summed E-state index contributed by atoms with van der Waals surface area (Å²) in [5, 5.41) is 2.96. The van der Waals surface area contributed by atoms with Gasteiger partial charge in [0.05, 0.1) is 18.8 Å². The van der Waals surface area contributed by atoms with Crippen LogP contribution in [0.2, 0.25) is 0 Å². The number of amides is 1. The molecule has 8 nitrogen and oxygen atoms in total. The van der Waals surface area contributed by atoms with Crippen molar-refractivity contribution in [3.63, 3.8) is 0 Å². The van der Waals surface area contributed by atoms with Crippen LogP contribution >= 0.6 is 0 Å². The molecule has 2 aromatic heterocycles. The number of carbonyl (C=O) groups excluding carboxylic acids is 1. The molecule has 1 aliphatic rings. The summed E-state index contributed by atoms with van der Waals surface area (Å²) < 4.78 is 11.1. The minimum Gasteiger partial charge on any atom is -0.435 e. The average molecular weight is 399 g/mol. The molecule has 0 aliphatic carbocycles. The molecule has 29 heavy (non-hydrogen) atoms. The number of aromatic nitrogens is 3. The first-order chi connectivity index (χ1) is 14.1. The monoisotopic (exact) mass is 399 g/mol. The van der Waals surface area contributed by atoms with E-state index >= 15 is 0 Å². The van der Waals surface area contributed by atoms with Gasteiger partial charge in [0.2, 0.25) is 11.8 Å². The lowest BCUT2D eigenvalue weighted by molar-refractivity contribution is -0.123. The van der Waals surface area contributed by atoms with Gasteiger partial charge in [-0.1, -0.05) is 0 Å². The summed E-state index contributed by atoms with van der Waals surface area (Å²) in [6.45, 7) is 6.42. The van der Waals surface area contributed by atoms with E-state index in [2.05, 4.69) is 25.2 Å². The molecule has 0 unspecified atom stereocenters. The molecule has 1 N–H and O–H groups in total. The van der Waals surface area contributed by atoms with Crippen LogP contribution < -0.4 is 10.1 Å². The van der Waals surface area contributed by atoms with Crippen molar-refractivity contribution < 1.29 is 14.3 Å². The number of nitrogens with zero attached hydrogens (tertiary/aromatic N) is 4. The van der Waals surface area contributed by atoms with Gasteiger partial charge in [0.1, 0.15) is 5.69 Å². The SMILES string of the molecule is COC[C@@H](C)NC(=O)CN1CCC(c2nccnc2Oc2cccnc2C)CC1. The van der Waals surface area contributed by atoms with E-state index in [1.54, 1.807) is 25.7 Å². The molecule has 0 bridgehead atoms. The predicted octanol–water partition coefficient (Wildman–Crippen LogP) is 2.30. The Kier molecular flexibility index (Phi) is 7.48. The van der Waals surface area contributed by atoms with Gasteiger partial charge in [0.15, 0.2) is 5.75 Å². The van der Waals surface area contributed by atoms with Crippen LogP contribution in [0, 0.1) is 6.92 Å². The Bertz CT molecular complexity index is 808. The van der Waals surface area contributed by atoms with Crippen LogP contribution in [0.5, 0.6) is 11.6 Å². The Hall–Kier alpha value is -2.58. The van der Waals surface area contributed by atoms with Crippen molar-refractivity contribution in [2.75, 3.05) is 33.4 Å². The summed E-state index contributed by atoms with van der Waals surface area (Å²) in [6.07, 6.45) is 6.89. The van der Waals surface area contributed by atoms with Crippen molar-refractivity contribution in [1.29, 1.82) is 0 Å². The third-order valence-corrected chi connectivity index (χ3v) is 5.02. The van der Waals surface area contributed by atoms with Gasteiger partial charge in [-0.3, -0.25) is 19.7 Å². The van der Waals surface area contributed by atoms with Gasteiger partial charge in [-0.25, -0.2) is 4.98 Å². The summed E-state index contributed by atoms with van der Waals surface area (Å²) in [5.74, 6) is 1.51. The van der Waals surface area contributed by atoms with Gasteiger partial charge in [-0.2, -0.15) is 0 Å². The second kappa shape index (κ2) is 10.3. The van der Waals surface area contributed by atoms with Gasteiger partial charge in [-0.15, -0.1) is 0 Å². The highest BCUT2D eigenvalue weighted by Crippen LogP contribution is 2.33. The Morgan fingerprint density at radius 3 is 2.72 bits per heavy atom. The number of piperidine rings is 1. The Balaban J connectivity index is 1.57. The molecule has 0 radical (unpaired) electrons. The standard InChI is InChI=1S/C21H29N5O3/c1-15(14-28-3)25-19(27)13-26-11-6-17(7-12-26)20-21(24-10-9-23-20)29-18-5-4-8-22-16(18)2/h4-5,8-10,15,17H,6-7,11-14H2,1-3H3,(H,25,27)/t15-/m1/s1. The van der Waals surface area contributed by atoms with Crippen molar-refractivity contribution in [2.24, 2.45) is 0 Å². The number of rotatable bonds is 8. The number of carbonyl (C=O) groups is 1. The molecule has 3 rings (SSSR count). The fraction of sp³-hybridized carbons (Fsp3) is 0.524. The number of methoxy groups -OCH3 is 1. The molecule has 0 saturated carbocycles. The summed E-state index contributed by atoms with van der Waals surface area (Å²) in [7, 11) is 1.63. The zero-order valence-electron chi connectivity index (χ0n) is 17.3. The summed E-state index contributed by atoms with van der Waals surface area (Å²) in [4.78, 5) is 27.6. The van der Waals surface area contributed by atoms with Gasteiger partial charge in [0, 0.05) is 37.7 Å². The van der Waals surface area contributed by atoms with Crippen LogP contribution in [-0.4, -0.2) is 65.2 Å². The number of ether oxygens (including phenoxy) is 2. The van der Waals surface area contributed by atoms with Crippen LogP contribution in [0.1, 0.15) is 37.1 Å². The third-order valence-electron chi connectivity index (χ3n) is 5.02. The van der Waals surface area contributed by atoms with Crippen molar-refractivity contribution in [1.82, 2.24) is 25.2 Å². The molecule has 8 heteroatoms. The molecule has 1 fully saturated rings. The zero-order valence-corrected chi connectivity index (χ0v) is 17.3. The molecular weight excluding hydrogens is 370 g/mol. The summed E-state index contributed by atoms with van der Waals surface area (Å²) >= 11 is 0. The zero-order chi connectivity index (χ0) is 20.6. The van der Waals surface area contributed by atoms with Gasteiger partial charge in [-0.05, 0) is 51.9 Å². The van der Waals surface area contributed by atoms with Crippen molar-refractivity contribution in [3.05, 3.63) is 42.1 Å². The van der Waals surface area contributed by atoms with Crippen molar-refractivity contribution in [3.8, 4) is 11.6 Å². The molecule has 1 amide bonds. The third kappa shape index (κ3) is 5.95. The quantitative estimate of drug-likeness (QED) is 0.728. The molecular formula is C21H29N5O3. The highest BCUT2D eigenvalue weighted by Gasteiger charge is 2.26. The van der Waals surface area contributed by atoms with E-state index in [1.165, 1.54) is 0 Å². The first kappa shape index (κ1) is 21.1. The number of hydrogen-bond donors (Lipinski definition) is 1. The van der Waals surface area contributed by atoms with Crippen LogP contribution in [0.4, 0.5) is 0 Å². The van der Waals surface area contributed by atoms with Crippen LogP contribution in [0.15, 0.2) is 30.7 Å². The Morgan fingerprint density at radius 1 is 1.24 bits per heavy atom. The molecule has 1 saturated heterocycles. The van der Waals surface area contributed by atoms with Crippen molar-refractivity contribution >= 4 is 5.91 Å². The maximum Gasteiger partial charge on any atom is 0.241 e. The molecule has 3 heterocycles. The molecule has 156 valence electrons. The molecule has 0 spiro atoms. The largest absolute Gasteiger partial charge is 0.435 e. The molecule has 1 aliphatic heterocycles. The normalized spacial score (nSPS) is 16.4. The number of hydrogen-bond acceptors (Lipinski definition) is 7. The van der Waals surface area contributed by atoms with E-state index < -0.39 is 0 Å². The first-order valence-corrected chi connectivity index (χ1v) is 9.98. The van der Waals surface area contributed by atoms with Crippen LogP contribution in [0.3, 0.4) is 0 Å². The van der Waals surface area contributed by atoms with Crippen LogP contribution in [0.25, 0.3) is 0 Å². The van der Waals surface area contributed by atoms with E-state index in [-0.39, 0.29) is 17.9 Å². The first-order valence-electron chi connectivity index (χ1n) is 9.98. The second-order valence-electron chi connectivity index (χ2n) is 7.41. The number of nitrogens with one attached hydrogen (secondary N) is 1. The van der Waals surface area contributed by atoms with Gasteiger partial charge < -0.3 is 14.8 Å². The summed E-state index contributed by atoms with van der Waals surface area (Å²) in [6, 6.07) is 3.74. The van der Waals surface area contributed by atoms with Gasteiger partial charge in [0.25, 0.3) is 0 Å². The molecule has 0 aromatic carbocycles. The highest BCUT2D eigenvalue weighted by atomic mass is 16.5. The molecule has 1 atom stereocenters. The number of aryl methyl sites for hydroxylation is 1. The van der Waals surface area contributed by atoms with E-state index in [0.29, 0.717) is 24.8 Å². The topological polar surface area (TPSA) is 89.5 Å². The highest BCUT2D eigenvalue weighted by molar-refractivity contribution is 5.78. The van der Waals surface area contributed by atoms with E-state index in [9.17, 15) is 4.79 Å². The minimum atomic E-state index is 0.0141. The van der Waals surface area contributed by atoms with E-state index in [0.717, 1.165) is 37.3 Å². The second-order valence-corrected chi connectivity index (χ2v) is 7.41. The Morgan fingerprint density at radius 2 is 2.00 bits per heavy atom. The fourth-order valence-electron chi connectivity index (χ4n) is 3.56. The molecule has 2 aromatic rings.